The fourth-order valence-electron chi connectivity index (χ4n) is 2.23. The Kier molecular flexibility index (Phi) is 5.55. The molecular weight excluding hydrogens is 278 g/mol. The topological polar surface area (TPSA) is 58.6 Å². The zero-order valence-corrected chi connectivity index (χ0v) is 12.9. The molecule has 1 atom stereocenters. The van der Waals surface area contributed by atoms with Crippen LogP contribution in [0.1, 0.15) is 21.5 Å². The molecule has 0 spiro atoms. The summed E-state index contributed by atoms with van der Waals surface area (Å²) in [4.78, 5) is 12.1. The molecule has 0 bridgehead atoms. The number of aliphatic hydroxyl groups excluding tert-OH is 1. The molecule has 2 aromatic rings. The number of methoxy groups -OCH3 is 1. The predicted octanol–water partition coefficient (Wildman–Crippen LogP) is 2.34. The molecular formula is C18H21NO3. The fourth-order valence-corrected chi connectivity index (χ4v) is 2.23. The smallest absolute Gasteiger partial charge is 0.251 e. The van der Waals surface area contributed by atoms with Gasteiger partial charge in [0.25, 0.3) is 5.91 Å². The number of nitrogens with one attached hydrogen (secondary N) is 1. The molecule has 0 aliphatic heterocycles. The Morgan fingerprint density at radius 1 is 1.23 bits per heavy atom. The van der Waals surface area contributed by atoms with Gasteiger partial charge in [-0.1, -0.05) is 36.4 Å². The Balaban J connectivity index is 1.89. The molecule has 2 aromatic carbocycles. The molecule has 2 rings (SSSR count). The van der Waals surface area contributed by atoms with Gasteiger partial charge in [0.2, 0.25) is 0 Å². The van der Waals surface area contributed by atoms with Gasteiger partial charge in [-0.05, 0) is 30.2 Å². The number of amides is 1. The highest BCUT2D eigenvalue weighted by molar-refractivity contribution is 5.94. The van der Waals surface area contributed by atoms with Crippen molar-refractivity contribution >= 4 is 5.91 Å². The number of aryl methyl sites for hydroxylation is 1. The van der Waals surface area contributed by atoms with Crippen LogP contribution in [-0.2, 0) is 6.42 Å². The Bertz CT molecular complexity index is 625. The van der Waals surface area contributed by atoms with E-state index in [0.29, 0.717) is 17.7 Å². The van der Waals surface area contributed by atoms with Crippen LogP contribution in [0.25, 0.3) is 0 Å². The van der Waals surface area contributed by atoms with Crippen LogP contribution >= 0.6 is 0 Å². The zero-order chi connectivity index (χ0) is 15.9. The molecule has 0 fully saturated rings. The van der Waals surface area contributed by atoms with Crippen LogP contribution in [0, 0.1) is 6.92 Å². The minimum absolute atomic E-state index is 0.212. The van der Waals surface area contributed by atoms with E-state index in [0.717, 1.165) is 11.1 Å². The monoisotopic (exact) mass is 299 g/mol. The Morgan fingerprint density at radius 3 is 2.64 bits per heavy atom. The van der Waals surface area contributed by atoms with E-state index in [1.165, 1.54) is 0 Å². The lowest BCUT2D eigenvalue weighted by Crippen LogP contribution is -2.33. The van der Waals surface area contributed by atoms with Gasteiger partial charge in [-0.2, -0.15) is 0 Å². The van der Waals surface area contributed by atoms with E-state index in [-0.39, 0.29) is 12.5 Å². The quantitative estimate of drug-likeness (QED) is 0.861. The third kappa shape index (κ3) is 4.33. The molecule has 1 unspecified atom stereocenters. The van der Waals surface area contributed by atoms with E-state index in [9.17, 15) is 9.90 Å². The highest BCUT2D eigenvalue weighted by Crippen LogP contribution is 2.18. The first-order chi connectivity index (χ1) is 10.6. The lowest BCUT2D eigenvalue weighted by atomic mass is 10.1. The van der Waals surface area contributed by atoms with E-state index >= 15 is 0 Å². The third-order valence-electron chi connectivity index (χ3n) is 3.48. The molecule has 0 radical (unpaired) electrons. The van der Waals surface area contributed by atoms with Crippen molar-refractivity contribution in [3.63, 3.8) is 0 Å². The Morgan fingerprint density at radius 2 is 1.95 bits per heavy atom. The average molecular weight is 299 g/mol. The minimum Gasteiger partial charge on any atom is -0.496 e. The van der Waals surface area contributed by atoms with Crippen LogP contribution in [0.15, 0.2) is 48.5 Å². The molecule has 0 aromatic heterocycles. The molecule has 4 nitrogen and oxygen atoms in total. The summed E-state index contributed by atoms with van der Waals surface area (Å²) >= 11 is 0. The standard InChI is InChI=1S/C18H21NO3/c1-13-8-9-15(11-17(13)22-2)18(21)19-12-16(20)10-14-6-4-3-5-7-14/h3-9,11,16,20H,10,12H2,1-2H3,(H,19,21). The van der Waals surface area contributed by atoms with Gasteiger partial charge < -0.3 is 15.2 Å². The first kappa shape index (κ1) is 16.0. The number of rotatable bonds is 6. The molecule has 1 amide bonds. The SMILES string of the molecule is COc1cc(C(=O)NCC(O)Cc2ccccc2)ccc1C. The maximum absolute atomic E-state index is 12.1. The van der Waals surface area contributed by atoms with Crippen molar-refractivity contribution in [3.8, 4) is 5.75 Å². The summed E-state index contributed by atoms with van der Waals surface area (Å²) in [7, 11) is 1.58. The third-order valence-corrected chi connectivity index (χ3v) is 3.48. The molecule has 22 heavy (non-hydrogen) atoms. The minimum atomic E-state index is -0.612. The molecule has 2 N–H and O–H groups in total. The second kappa shape index (κ2) is 7.61. The van der Waals surface area contributed by atoms with Crippen LogP contribution in [-0.4, -0.2) is 30.8 Å². The largest absolute Gasteiger partial charge is 0.496 e. The van der Waals surface area contributed by atoms with Crippen molar-refractivity contribution in [2.24, 2.45) is 0 Å². The highest BCUT2D eigenvalue weighted by Gasteiger charge is 2.11. The molecule has 0 aliphatic carbocycles. The van der Waals surface area contributed by atoms with E-state index in [1.807, 2.05) is 43.3 Å². The summed E-state index contributed by atoms with van der Waals surface area (Å²) in [5.41, 5.74) is 2.54. The number of carbonyl (C=O) groups excluding carboxylic acids is 1. The summed E-state index contributed by atoms with van der Waals surface area (Å²) in [6.07, 6.45) is -0.100. The van der Waals surface area contributed by atoms with Crippen LogP contribution < -0.4 is 10.1 Å². The van der Waals surface area contributed by atoms with Crippen molar-refractivity contribution in [3.05, 3.63) is 65.2 Å². The molecule has 116 valence electrons. The zero-order valence-electron chi connectivity index (χ0n) is 12.9. The van der Waals surface area contributed by atoms with Crippen molar-refractivity contribution < 1.29 is 14.6 Å². The second-order valence-electron chi connectivity index (χ2n) is 5.24. The summed E-state index contributed by atoms with van der Waals surface area (Å²) < 4.78 is 5.21. The predicted molar refractivity (Wildman–Crippen MR) is 86.2 cm³/mol. The van der Waals surface area contributed by atoms with Crippen LogP contribution in [0.2, 0.25) is 0 Å². The molecule has 4 heteroatoms. The van der Waals surface area contributed by atoms with Gasteiger partial charge >= 0.3 is 0 Å². The molecule has 0 saturated heterocycles. The van der Waals surface area contributed by atoms with E-state index in [2.05, 4.69) is 5.32 Å². The van der Waals surface area contributed by atoms with Gasteiger partial charge in [0.05, 0.1) is 13.2 Å². The van der Waals surface area contributed by atoms with Crippen molar-refractivity contribution in [1.29, 1.82) is 0 Å². The van der Waals surface area contributed by atoms with Crippen molar-refractivity contribution in [2.75, 3.05) is 13.7 Å². The summed E-state index contributed by atoms with van der Waals surface area (Å²) in [6, 6.07) is 15.0. The first-order valence-corrected chi connectivity index (χ1v) is 7.25. The summed E-state index contributed by atoms with van der Waals surface area (Å²) in [5.74, 6) is 0.461. The van der Waals surface area contributed by atoms with Crippen LogP contribution in [0.5, 0.6) is 5.75 Å². The Labute approximate surface area is 130 Å². The average Bonchev–Trinajstić information content (AvgIpc) is 2.54. The summed E-state index contributed by atoms with van der Waals surface area (Å²) in [5, 5.41) is 12.7. The number of aliphatic hydroxyl groups is 1. The molecule has 0 heterocycles. The van der Waals surface area contributed by atoms with Gasteiger partial charge in [-0.3, -0.25) is 4.79 Å². The van der Waals surface area contributed by atoms with E-state index in [1.54, 1.807) is 19.2 Å². The normalized spacial score (nSPS) is 11.8. The Hall–Kier alpha value is -2.33. The molecule has 0 saturated carbocycles. The molecule has 0 aliphatic rings. The van der Waals surface area contributed by atoms with Gasteiger partial charge in [-0.25, -0.2) is 0 Å². The highest BCUT2D eigenvalue weighted by atomic mass is 16.5. The van der Waals surface area contributed by atoms with Gasteiger partial charge in [-0.15, -0.1) is 0 Å². The van der Waals surface area contributed by atoms with Gasteiger partial charge in [0.15, 0.2) is 0 Å². The lowest BCUT2D eigenvalue weighted by Gasteiger charge is -2.13. The van der Waals surface area contributed by atoms with Gasteiger partial charge in [0, 0.05) is 18.5 Å². The van der Waals surface area contributed by atoms with Gasteiger partial charge in [0.1, 0.15) is 5.75 Å². The maximum Gasteiger partial charge on any atom is 0.251 e. The number of hydrogen-bond donors (Lipinski definition) is 2. The fraction of sp³-hybridized carbons (Fsp3) is 0.278. The first-order valence-electron chi connectivity index (χ1n) is 7.25. The number of carbonyl (C=O) groups is 1. The lowest BCUT2D eigenvalue weighted by molar-refractivity contribution is 0.0915. The van der Waals surface area contributed by atoms with Crippen molar-refractivity contribution in [1.82, 2.24) is 5.32 Å². The number of benzene rings is 2. The van der Waals surface area contributed by atoms with Crippen LogP contribution in [0.3, 0.4) is 0 Å². The van der Waals surface area contributed by atoms with Crippen molar-refractivity contribution in [2.45, 2.75) is 19.4 Å². The second-order valence-corrected chi connectivity index (χ2v) is 5.24. The van der Waals surface area contributed by atoms with Crippen LogP contribution in [0.4, 0.5) is 0 Å². The van der Waals surface area contributed by atoms with E-state index in [4.69, 9.17) is 4.74 Å². The number of ether oxygens (including phenoxy) is 1. The van der Waals surface area contributed by atoms with E-state index < -0.39 is 6.10 Å². The number of hydrogen-bond acceptors (Lipinski definition) is 3. The summed E-state index contributed by atoms with van der Waals surface area (Å²) in [6.45, 7) is 2.13. The maximum atomic E-state index is 12.1.